The summed E-state index contributed by atoms with van der Waals surface area (Å²) in [5.74, 6) is 0.611. The Morgan fingerprint density at radius 1 is 1.26 bits per heavy atom. The molecule has 4 nitrogen and oxygen atoms in total. The predicted octanol–water partition coefficient (Wildman–Crippen LogP) is 3.55. The van der Waals surface area contributed by atoms with Crippen molar-refractivity contribution in [2.75, 3.05) is 6.54 Å². The Kier molecular flexibility index (Phi) is 6.50. The van der Waals surface area contributed by atoms with Crippen LogP contribution < -0.4 is 5.32 Å². The topological polar surface area (TPSA) is 55.2 Å². The average molecular weight is 264 g/mol. The second kappa shape index (κ2) is 7.89. The van der Waals surface area contributed by atoms with Crippen molar-refractivity contribution in [1.82, 2.24) is 5.32 Å². The average Bonchev–Trinajstić information content (AvgIpc) is 2.39. The minimum absolute atomic E-state index is 0.158. The lowest BCUT2D eigenvalue weighted by Crippen LogP contribution is -2.36. The molecule has 1 rings (SSSR count). The number of non-ortho nitro benzene ring substituents is 1. The molecule has 1 N–H and O–H groups in total. The number of likely N-dealkylation sites (N-methyl/N-ethyl adjacent to an activating group) is 1. The van der Waals surface area contributed by atoms with Gasteiger partial charge in [0, 0.05) is 18.2 Å². The molecule has 0 aliphatic rings. The molecular formula is C15H24N2O2. The van der Waals surface area contributed by atoms with E-state index in [1.807, 2.05) is 12.1 Å². The van der Waals surface area contributed by atoms with Crippen molar-refractivity contribution in [3.05, 3.63) is 39.9 Å². The Morgan fingerprint density at radius 3 is 2.37 bits per heavy atom. The third-order valence-corrected chi connectivity index (χ3v) is 3.50. The molecule has 2 atom stereocenters. The molecule has 1 aromatic rings. The Bertz CT molecular complexity index is 390. The summed E-state index contributed by atoms with van der Waals surface area (Å²) in [7, 11) is 0. The van der Waals surface area contributed by atoms with Crippen LogP contribution in [0.5, 0.6) is 0 Å². The fraction of sp³-hybridized carbons (Fsp3) is 0.600. The van der Waals surface area contributed by atoms with Crippen molar-refractivity contribution in [1.29, 1.82) is 0 Å². The van der Waals surface area contributed by atoms with E-state index >= 15 is 0 Å². The number of nitrogens with one attached hydrogen (secondary N) is 1. The summed E-state index contributed by atoms with van der Waals surface area (Å²) in [5, 5.41) is 14.1. The molecule has 0 fully saturated rings. The van der Waals surface area contributed by atoms with Gasteiger partial charge < -0.3 is 5.32 Å². The first-order valence-corrected chi connectivity index (χ1v) is 7.05. The maximum Gasteiger partial charge on any atom is 0.269 e. The van der Waals surface area contributed by atoms with E-state index in [-0.39, 0.29) is 10.6 Å². The molecule has 0 radical (unpaired) electrons. The summed E-state index contributed by atoms with van der Waals surface area (Å²) >= 11 is 0. The van der Waals surface area contributed by atoms with E-state index in [1.54, 1.807) is 12.1 Å². The van der Waals surface area contributed by atoms with Crippen molar-refractivity contribution in [3.63, 3.8) is 0 Å². The molecule has 0 heterocycles. The van der Waals surface area contributed by atoms with E-state index in [2.05, 4.69) is 26.1 Å². The summed E-state index contributed by atoms with van der Waals surface area (Å²) in [4.78, 5) is 10.3. The smallest absolute Gasteiger partial charge is 0.269 e. The molecule has 0 amide bonds. The molecule has 19 heavy (non-hydrogen) atoms. The van der Waals surface area contributed by atoms with E-state index in [0.29, 0.717) is 12.0 Å². The van der Waals surface area contributed by atoms with Crippen molar-refractivity contribution in [3.8, 4) is 0 Å². The van der Waals surface area contributed by atoms with Crippen molar-refractivity contribution >= 4 is 5.69 Å². The standard InChI is InChI=1S/C15H24N2O2/c1-4-6-12(3)15(16-5-2)11-13-7-9-14(10-8-13)17(18)19/h7-10,12,15-16H,4-6,11H2,1-3H3. The number of nitro groups is 1. The summed E-state index contributed by atoms with van der Waals surface area (Å²) in [6.07, 6.45) is 3.31. The summed E-state index contributed by atoms with van der Waals surface area (Å²) in [6.45, 7) is 7.53. The van der Waals surface area contributed by atoms with Crippen LogP contribution in [0.1, 0.15) is 39.2 Å². The minimum atomic E-state index is -0.356. The van der Waals surface area contributed by atoms with Gasteiger partial charge in [-0.2, -0.15) is 0 Å². The van der Waals surface area contributed by atoms with E-state index in [4.69, 9.17) is 0 Å². The van der Waals surface area contributed by atoms with Gasteiger partial charge in [0.25, 0.3) is 5.69 Å². The molecule has 0 saturated heterocycles. The highest BCUT2D eigenvalue weighted by Gasteiger charge is 2.16. The fourth-order valence-electron chi connectivity index (χ4n) is 2.40. The van der Waals surface area contributed by atoms with Crippen LogP contribution in [-0.2, 0) is 6.42 Å². The fourth-order valence-corrected chi connectivity index (χ4v) is 2.40. The Balaban J connectivity index is 2.70. The molecule has 0 spiro atoms. The molecule has 2 unspecified atom stereocenters. The molecule has 106 valence electrons. The van der Waals surface area contributed by atoms with Crippen LogP contribution >= 0.6 is 0 Å². The lowest BCUT2D eigenvalue weighted by Gasteiger charge is -2.24. The largest absolute Gasteiger partial charge is 0.314 e. The number of nitrogens with zero attached hydrogens (tertiary/aromatic N) is 1. The number of benzene rings is 1. The first kappa shape index (κ1) is 15.6. The number of nitro benzene ring substituents is 1. The van der Waals surface area contributed by atoms with Crippen LogP contribution in [-0.4, -0.2) is 17.5 Å². The molecular weight excluding hydrogens is 240 g/mol. The highest BCUT2D eigenvalue weighted by Crippen LogP contribution is 2.18. The first-order chi connectivity index (χ1) is 9.08. The van der Waals surface area contributed by atoms with Gasteiger partial charge in [-0.1, -0.05) is 39.3 Å². The number of rotatable bonds is 8. The maximum atomic E-state index is 10.6. The van der Waals surface area contributed by atoms with Crippen LogP contribution in [0.3, 0.4) is 0 Å². The molecule has 1 aromatic carbocycles. The monoisotopic (exact) mass is 264 g/mol. The maximum absolute atomic E-state index is 10.6. The van der Waals surface area contributed by atoms with Crippen molar-refractivity contribution in [2.24, 2.45) is 5.92 Å². The second-order valence-electron chi connectivity index (χ2n) is 5.06. The van der Waals surface area contributed by atoms with E-state index in [1.165, 1.54) is 12.8 Å². The van der Waals surface area contributed by atoms with Gasteiger partial charge in [-0.3, -0.25) is 10.1 Å². The molecule has 0 aliphatic heterocycles. The van der Waals surface area contributed by atoms with E-state index in [9.17, 15) is 10.1 Å². The minimum Gasteiger partial charge on any atom is -0.314 e. The quantitative estimate of drug-likeness (QED) is 0.577. The van der Waals surface area contributed by atoms with Crippen LogP contribution in [0, 0.1) is 16.0 Å². The van der Waals surface area contributed by atoms with Crippen LogP contribution in [0.2, 0.25) is 0 Å². The van der Waals surface area contributed by atoms with E-state index in [0.717, 1.165) is 18.5 Å². The third-order valence-electron chi connectivity index (χ3n) is 3.50. The van der Waals surface area contributed by atoms with Gasteiger partial charge in [-0.25, -0.2) is 0 Å². The van der Waals surface area contributed by atoms with Crippen LogP contribution in [0.25, 0.3) is 0 Å². The lowest BCUT2D eigenvalue weighted by molar-refractivity contribution is -0.384. The Labute approximate surface area is 115 Å². The van der Waals surface area contributed by atoms with Crippen molar-refractivity contribution < 1.29 is 4.92 Å². The molecule has 4 heteroatoms. The van der Waals surface area contributed by atoms with Gasteiger partial charge in [0.2, 0.25) is 0 Å². The number of hydrogen-bond acceptors (Lipinski definition) is 3. The van der Waals surface area contributed by atoms with Crippen LogP contribution in [0.15, 0.2) is 24.3 Å². The summed E-state index contributed by atoms with van der Waals surface area (Å²) in [6, 6.07) is 7.33. The van der Waals surface area contributed by atoms with Gasteiger partial charge in [-0.05, 0) is 30.9 Å². The predicted molar refractivity (Wildman–Crippen MR) is 78.3 cm³/mol. The van der Waals surface area contributed by atoms with Gasteiger partial charge in [-0.15, -0.1) is 0 Å². The normalized spacial score (nSPS) is 14.1. The first-order valence-electron chi connectivity index (χ1n) is 7.05. The lowest BCUT2D eigenvalue weighted by atomic mass is 9.91. The number of hydrogen-bond donors (Lipinski definition) is 1. The molecule has 0 aliphatic carbocycles. The Morgan fingerprint density at radius 2 is 1.89 bits per heavy atom. The molecule has 0 saturated carbocycles. The van der Waals surface area contributed by atoms with Crippen LogP contribution in [0.4, 0.5) is 5.69 Å². The zero-order chi connectivity index (χ0) is 14.3. The SMILES string of the molecule is CCCC(C)C(Cc1ccc([N+](=O)[O-])cc1)NCC. The zero-order valence-corrected chi connectivity index (χ0v) is 12.1. The third kappa shape index (κ3) is 4.99. The summed E-state index contributed by atoms with van der Waals surface area (Å²) < 4.78 is 0. The Hall–Kier alpha value is -1.42. The summed E-state index contributed by atoms with van der Waals surface area (Å²) in [5.41, 5.74) is 1.31. The highest BCUT2D eigenvalue weighted by molar-refractivity contribution is 5.33. The highest BCUT2D eigenvalue weighted by atomic mass is 16.6. The van der Waals surface area contributed by atoms with E-state index < -0.39 is 0 Å². The van der Waals surface area contributed by atoms with Gasteiger partial charge in [0.05, 0.1) is 4.92 Å². The molecule has 0 aromatic heterocycles. The van der Waals surface area contributed by atoms with Gasteiger partial charge in [0.1, 0.15) is 0 Å². The molecule has 0 bridgehead atoms. The van der Waals surface area contributed by atoms with Gasteiger partial charge in [0.15, 0.2) is 0 Å². The zero-order valence-electron chi connectivity index (χ0n) is 12.1. The van der Waals surface area contributed by atoms with Gasteiger partial charge >= 0.3 is 0 Å². The second-order valence-corrected chi connectivity index (χ2v) is 5.06. The van der Waals surface area contributed by atoms with Crippen molar-refractivity contribution in [2.45, 2.75) is 46.1 Å².